The van der Waals surface area contributed by atoms with Crippen molar-refractivity contribution in [2.75, 3.05) is 26.2 Å². The Kier molecular flexibility index (Phi) is 13.8. The summed E-state index contributed by atoms with van der Waals surface area (Å²) in [6.07, 6.45) is 19.0. The number of carbonyl (C=O) groups is 1. The molecule has 0 spiro atoms. The summed E-state index contributed by atoms with van der Waals surface area (Å²) in [5.74, 6) is 0.219. The lowest BCUT2D eigenvalue weighted by atomic mass is 9.99. The molecule has 1 unspecified atom stereocenters. The zero-order chi connectivity index (χ0) is 17.3. The van der Waals surface area contributed by atoms with Gasteiger partial charge < -0.3 is 15.7 Å². The van der Waals surface area contributed by atoms with Gasteiger partial charge in [-0.05, 0) is 31.6 Å². The number of hydrogen-bond donors (Lipinski definition) is 3. The van der Waals surface area contributed by atoms with Crippen LogP contribution in [0, 0.1) is 5.92 Å². The third-order valence-electron chi connectivity index (χ3n) is 4.79. The first-order valence-electron chi connectivity index (χ1n) is 10.1. The predicted octanol–water partition coefficient (Wildman–Crippen LogP) is 4.12. The number of carboxylic acids is 1. The van der Waals surface area contributed by atoms with Crippen LogP contribution >= 0.6 is 0 Å². The molecule has 1 saturated heterocycles. The highest BCUT2D eigenvalue weighted by Gasteiger charge is 2.07. The molecule has 0 aromatic heterocycles. The Balaban J connectivity index is 0.000000400. The highest BCUT2D eigenvalue weighted by atomic mass is 16.4. The van der Waals surface area contributed by atoms with Crippen molar-refractivity contribution < 1.29 is 9.90 Å². The average Bonchev–Trinajstić information content (AvgIpc) is 3.12. The molecule has 1 aliphatic carbocycles. The smallest absolute Gasteiger partial charge is 0.303 e. The van der Waals surface area contributed by atoms with E-state index in [1.807, 2.05) is 0 Å². The van der Waals surface area contributed by atoms with E-state index in [1.165, 1.54) is 57.8 Å². The fraction of sp³-hybridized carbons (Fsp3) is 0.850. The lowest BCUT2D eigenvalue weighted by Gasteiger charge is -2.11. The zero-order valence-corrected chi connectivity index (χ0v) is 15.4. The van der Waals surface area contributed by atoms with Gasteiger partial charge in [-0.3, -0.25) is 4.79 Å². The van der Waals surface area contributed by atoms with Crippen molar-refractivity contribution in [2.45, 2.75) is 77.0 Å². The Morgan fingerprint density at radius 1 is 0.875 bits per heavy atom. The number of rotatable bonds is 11. The van der Waals surface area contributed by atoms with Crippen LogP contribution in [0.3, 0.4) is 0 Å². The second-order valence-electron chi connectivity index (χ2n) is 7.03. The average molecular weight is 339 g/mol. The Morgan fingerprint density at radius 3 is 1.88 bits per heavy atom. The maximum Gasteiger partial charge on any atom is 0.303 e. The number of unbranched alkanes of at least 4 members (excludes halogenated alkanes) is 7. The van der Waals surface area contributed by atoms with Gasteiger partial charge in [-0.15, -0.1) is 0 Å². The van der Waals surface area contributed by atoms with Gasteiger partial charge in [-0.25, -0.2) is 0 Å². The summed E-state index contributed by atoms with van der Waals surface area (Å²) < 4.78 is 0. The Morgan fingerprint density at radius 2 is 1.42 bits per heavy atom. The van der Waals surface area contributed by atoms with E-state index in [9.17, 15) is 4.79 Å². The van der Waals surface area contributed by atoms with Crippen molar-refractivity contribution in [3.8, 4) is 0 Å². The maximum atomic E-state index is 10.3. The number of nitrogens with one attached hydrogen (secondary N) is 2. The summed E-state index contributed by atoms with van der Waals surface area (Å²) in [6, 6.07) is 0. The lowest BCUT2D eigenvalue weighted by Crippen LogP contribution is -2.39. The van der Waals surface area contributed by atoms with Gasteiger partial charge in [0.15, 0.2) is 0 Å². The highest BCUT2D eigenvalue weighted by molar-refractivity contribution is 5.66. The molecular weight excluding hydrogens is 300 g/mol. The SMILES string of the molecule is C1CNCCN1.O=C(O)CCCCCCCCCCC1C=CCC1. The third-order valence-corrected chi connectivity index (χ3v) is 4.79. The van der Waals surface area contributed by atoms with Crippen molar-refractivity contribution in [3.63, 3.8) is 0 Å². The van der Waals surface area contributed by atoms with Gasteiger partial charge in [-0.2, -0.15) is 0 Å². The molecule has 0 saturated carbocycles. The third kappa shape index (κ3) is 13.6. The largest absolute Gasteiger partial charge is 0.481 e. The summed E-state index contributed by atoms with van der Waals surface area (Å²) in [7, 11) is 0. The summed E-state index contributed by atoms with van der Waals surface area (Å²) in [5.41, 5.74) is 0. The van der Waals surface area contributed by atoms with Gasteiger partial charge in [0, 0.05) is 32.6 Å². The van der Waals surface area contributed by atoms with Crippen LogP contribution < -0.4 is 10.6 Å². The normalized spacial score (nSPS) is 19.8. The van der Waals surface area contributed by atoms with E-state index in [0.717, 1.165) is 44.9 Å². The van der Waals surface area contributed by atoms with Crippen LogP contribution in [0.1, 0.15) is 77.0 Å². The maximum absolute atomic E-state index is 10.3. The summed E-state index contributed by atoms with van der Waals surface area (Å²) in [6.45, 7) is 4.56. The Hall–Kier alpha value is -0.870. The van der Waals surface area contributed by atoms with Gasteiger partial charge in [0.1, 0.15) is 0 Å². The second kappa shape index (κ2) is 15.6. The molecule has 4 nitrogen and oxygen atoms in total. The minimum Gasteiger partial charge on any atom is -0.481 e. The number of hydrogen-bond acceptors (Lipinski definition) is 3. The molecular formula is C20H38N2O2. The molecule has 0 aromatic rings. The van der Waals surface area contributed by atoms with Crippen LogP contribution in [-0.2, 0) is 4.79 Å². The first-order valence-corrected chi connectivity index (χ1v) is 10.1. The topological polar surface area (TPSA) is 61.4 Å². The predicted molar refractivity (Wildman–Crippen MR) is 101 cm³/mol. The van der Waals surface area contributed by atoms with Gasteiger partial charge in [0.2, 0.25) is 0 Å². The monoisotopic (exact) mass is 338 g/mol. The minimum atomic E-state index is -0.657. The van der Waals surface area contributed by atoms with E-state index in [4.69, 9.17) is 5.11 Å². The van der Waals surface area contributed by atoms with E-state index in [2.05, 4.69) is 22.8 Å². The Labute approximate surface area is 148 Å². The van der Waals surface area contributed by atoms with E-state index in [1.54, 1.807) is 0 Å². The minimum absolute atomic E-state index is 0.342. The van der Waals surface area contributed by atoms with Crippen molar-refractivity contribution in [2.24, 2.45) is 5.92 Å². The fourth-order valence-corrected chi connectivity index (χ4v) is 3.28. The van der Waals surface area contributed by atoms with Crippen LogP contribution in [0.15, 0.2) is 12.2 Å². The first-order chi connectivity index (χ1) is 11.8. The number of allylic oxidation sites excluding steroid dienone is 2. The molecule has 1 atom stereocenters. The number of carboxylic acid groups (broad SMARTS) is 1. The first kappa shape index (κ1) is 21.2. The number of piperazine rings is 1. The molecule has 1 aliphatic heterocycles. The van der Waals surface area contributed by atoms with Crippen LogP contribution in [0.25, 0.3) is 0 Å². The van der Waals surface area contributed by atoms with Crippen molar-refractivity contribution in [1.82, 2.24) is 10.6 Å². The molecule has 2 aliphatic rings. The van der Waals surface area contributed by atoms with Gasteiger partial charge in [0.25, 0.3) is 0 Å². The fourth-order valence-electron chi connectivity index (χ4n) is 3.28. The quantitative estimate of drug-likeness (QED) is 0.392. The molecule has 0 radical (unpaired) electrons. The molecule has 24 heavy (non-hydrogen) atoms. The summed E-state index contributed by atoms with van der Waals surface area (Å²) >= 11 is 0. The second-order valence-corrected chi connectivity index (χ2v) is 7.03. The van der Waals surface area contributed by atoms with Crippen LogP contribution in [0.2, 0.25) is 0 Å². The molecule has 0 amide bonds. The van der Waals surface area contributed by atoms with E-state index >= 15 is 0 Å². The highest BCUT2D eigenvalue weighted by Crippen LogP contribution is 2.23. The van der Waals surface area contributed by atoms with E-state index < -0.39 is 5.97 Å². The summed E-state index contributed by atoms with van der Waals surface area (Å²) in [5, 5.41) is 14.9. The van der Waals surface area contributed by atoms with Crippen LogP contribution in [-0.4, -0.2) is 37.3 Å². The van der Waals surface area contributed by atoms with Gasteiger partial charge >= 0.3 is 5.97 Å². The standard InChI is InChI=1S/C16H28O2.C4H10N2/c17-16(18)14-8-6-4-2-1-3-5-7-11-15-12-9-10-13-15;1-2-6-4-3-5-1/h9,12,15H,1-8,10-11,13-14H2,(H,17,18);5-6H,1-4H2. The molecule has 1 heterocycles. The lowest BCUT2D eigenvalue weighted by molar-refractivity contribution is -0.137. The molecule has 140 valence electrons. The molecule has 0 aromatic carbocycles. The molecule has 1 fully saturated rings. The van der Waals surface area contributed by atoms with Crippen molar-refractivity contribution in [1.29, 1.82) is 0 Å². The number of aliphatic carboxylic acids is 1. The zero-order valence-electron chi connectivity index (χ0n) is 15.4. The Bertz CT molecular complexity index is 316. The molecule has 0 bridgehead atoms. The van der Waals surface area contributed by atoms with Crippen molar-refractivity contribution in [3.05, 3.63) is 12.2 Å². The van der Waals surface area contributed by atoms with Crippen LogP contribution in [0.5, 0.6) is 0 Å². The summed E-state index contributed by atoms with van der Waals surface area (Å²) in [4.78, 5) is 10.3. The van der Waals surface area contributed by atoms with Crippen molar-refractivity contribution >= 4 is 5.97 Å². The van der Waals surface area contributed by atoms with E-state index in [-0.39, 0.29) is 0 Å². The van der Waals surface area contributed by atoms with Crippen LogP contribution in [0.4, 0.5) is 0 Å². The molecule has 2 rings (SSSR count). The van der Waals surface area contributed by atoms with Gasteiger partial charge in [-0.1, -0.05) is 57.1 Å². The molecule has 4 heteroatoms. The van der Waals surface area contributed by atoms with E-state index in [0.29, 0.717) is 6.42 Å². The van der Waals surface area contributed by atoms with Gasteiger partial charge in [0.05, 0.1) is 0 Å². The molecule has 3 N–H and O–H groups in total.